The maximum atomic E-state index is 6.59. The molecular weight excluding hydrogens is 523 g/mol. The molecule has 0 saturated carbocycles. The summed E-state index contributed by atoms with van der Waals surface area (Å²) in [6, 6.07) is 36.2. The number of benzene rings is 6. The average molecular weight is 557 g/mol. The lowest BCUT2D eigenvalue weighted by atomic mass is 9.75. The number of rotatable bonds is 3. The molecule has 1 fully saturated rings. The predicted octanol–water partition coefficient (Wildman–Crippen LogP) is 10.0. The van der Waals surface area contributed by atoms with Crippen LogP contribution in [0.15, 0.2) is 97.1 Å². The first kappa shape index (κ1) is 25.3. The van der Waals surface area contributed by atoms with Gasteiger partial charge in [-0.2, -0.15) is 0 Å². The number of aryl methyl sites for hydroxylation is 1. The SMILES string of the molecule is CCc1cc2c(-c3ccccc3)c3c4cccc5c(B6OC(C)(C)C(C)(C)O6)ccc(c54)c3c3c4ccccc4c(c1)c23. The number of hydrogen-bond acceptors (Lipinski definition) is 2. The molecule has 0 amide bonds. The Morgan fingerprint density at radius 1 is 0.512 bits per heavy atom. The van der Waals surface area contributed by atoms with Crippen molar-refractivity contribution < 1.29 is 9.31 Å². The molecule has 43 heavy (non-hydrogen) atoms. The van der Waals surface area contributed by atoms with Crippen molar-refractivity contribution in [3.8, 4) is 11.1 Å². The average Bonchev–Trinajstić information content (AvgIpc) is 3.59. The zero-order valence-corrected chi connectivity index (χ0v) is 25.3. The molecule has 8 aromatic carbocycles. The van der Waals surface area contributed by atoms with Crippen molar-refractivity contribution in [1.29, 1.82) is 0 Å². The lowest BCUT2D eigenvalue weighted by molar-refractivity contribution is 0.00578. The zero-order chi connectivity index (χ0) is 29.2. The Labute approximate surface area is 252 Å². The quantitative estimate of drug-likeness (QED) is 0.202. The molecule has 9 rings (SSSR count). The molecule has 1 saturated heterocycles. The summed E-state index contributed by atoms with van der Waals surface area (Å²) in [7, 11) is -0.416. The van der Waals surface area contributed by atoms with Crippen LogP contribution in [0.25, 0.3) is 75.8 Å². The van der Waals surface area contributed by atoms with Gasteiger partial charge in [0, 0.05) is 0 Å². The van der Waals surface area contributed by atoms with E-state index in [2.05, 4.69) is 132 Å². The van der Waals surface area contributed by atoms with Gasteiger partial charge in [-0.25, -0.2) is 0 Å². The molecule has 1 heterocycles. The summed E-state index contributed by atoms with van der Waals surface area (Å²) in [6.07, 6.45) is 0.999. The van der Waals surface area contributed by atoms with E-state index >= 15 is 0 Å². The molecule has 8 aromatic rings. The third-order valence-electron chi connectivity index (χ3n) is 10.5. The molecular formula is C40H33BO2. The van der Waals surface area contributed by atoms with Crippen LogP contribution in [-0.4, -0.2) is 18.3 Å². The highest BCUT2D eigenvalue weighted by Crippen LogP contribution is 2.53. The maximum Gasteiger partial charge on any atom is 0.495 e. The van der Waals surface area contributed by atoms with Gasteiger partial charge in [-0.1, -0.05) is 104 Å². The Balaban J connectivity index is 1.52. The standard InChI is InChI=1S/C40H33BO2/c1-6-23-21-30-25-15-10-11-16-26(25)36-35(30)31(22-23)33(24-13-8-7-9-14-24)37-28-18-12-17-27-32(20-19-29(34(27)28)38(36)37)41-42-39(2,3)40(4,5)43-41/h7-22H,6H2,1-5H3. The molecule has 0 aromatic heterocycles. The normalized spacial score (nSPS) is 16.7. The summed E-state index contributed by atoms with van der Waals surface area (Å²) in [5.41, 5.74) is 4.27. The topological polar surface area (TPSA) is 18.5 Å². The Morgan fingerprint density at radius 2 is 1.12 bits per heavy atom. The largest absolute Gasteiger partial charge is 0.495 e. The zero-order valence-electron chi connectivity index (χ0n) is 25.3. The fourth-order valence-electron chi connectivity index (χ4n) is 7.76. The minimum absolute atomic E-state index is 0.398. The van der Waals surface area contributed by atoms with Crippen LogP contribution in [0.4, 0.5) is 0 Å². The van der Waals surface area contributed by atoms with Crippen LogP contribution < -0.4 is 5.46 Å². The Morgan fingerprint density at radius 3 is 1.86 bits per heavy atom. The number of fused-ring (bicyclic) bond motifs is 7. The van der Waals surface area contributed by atoms with Crippen LogP contribution in [0.1, 0.15) is 40.2 Å². The lowest BCUT2D eigenvalue weighted by Crippen LogP contribution is -2.41. The number of hydrogen-bond donors (Lipinski definition) is 0. The van der Waals surface area contributed by atoms with Crippen LogP contribution in [0.2, 0.25) is 0 Å². The molecule has 0 spiro atoms. The first-order chi connectivity index (χ1) is 20.8. The molecule has 0 radical (unpaired) electrons. The second-order valence-electron chi connectivity index (χ2n) is 13.3. The van der Waals surface area contributed by atoms with E-state index < -0.39 is 18.3 Å². The van der Waals surface area contributed by atoms with Gasteiger partial charge in [-0.3, -0.25) is 0 Å². The van der Waals surface area contributed by atoms with Gasteiger partial charge >= 0.3 is 7.12 Å². The van der Waals surface area contributed by atoms with E-state index in [4.69, 9.17) is 9.31 Å². The summed E-state index contributed by atoms with van der Waals surface area (Å²) in [5.74, 6) is 0. The molecule has 0 bridgehead atoms. The summed E-state index contributed by atoms with van der Waals surface area (Å²) >= 11 is 0. The van der Waals surface area contributed by atoms with Gasteiger partial charge in [0.25, 0.3) is 0 Å². The smallest absolute Gasteiger partial charge is 0.399 e. The fourth-order valence-corrected chi connectivity index (χ4v) is 7.76. The van der Waals surface area contributed by atoms with Gasteiger partial charge in [0.05, 0.1) is 11.2 Å². The molecule has 2 nitrogen and oxygen atoms in total. The van der Waals surface area contributed by atoms with Crippen LogP contribution in [-0.2, 0) is 15.7 Å². The summed E-state index contributed by atoms with van der Waals surface area (Å²) in [5, 5.41) is 15.9. The Kier molecular flexibility index (Phi) is 4.99. The summed E-state index contributed by atoms with van der Waals surface area (Å²) < 4.78 is 13.2. The van der Waals surface area contributed by atoms with Gasteiger partial charge in [0.2, 0.25) is 0 Å². The van der Waals surface area contributed by atoms with Gasteiger partial charge in [0.1, 0.15) is 0 Å². The van der Waals surface area contributed by atoms with E-state index in [1.165, 1.54) is 81.3 Å². The monoisotopic (exact) mass is 556 g/mol. The van der Waals surface area contributed by atoms with E-state index in [9.17, 15) is 0 Å². The molecule has 0 aliphatic carbocycles. The third-order valence-corrected chi connectivity index (χ3v) is 10.5. The molecule has 3 heteroatoms. The molecule has 208 valence electrons. The van der Waals surface area contributed by atoms with Crippen LogP contribution in [0.5, 0.6) is 0 Å². The van der Waals surface area contributed by atoms with E-state index in [1.807, 2.05) is 0 Å². The van der Waals surface area contributed by atoms with Gasteiger partial charge < -0.3 is 9.31 Å². The lowest BCUT2D eigenvalue weighted by Gasteiger charge is -2.32. The third kappa shape index (κ3) is 3.22. The van der Waals surface area contributed by atoms with E-state index in [1.54, 1.807) is 0 Å². The fraction of sp³-hybridized carbons (Fsp3) is 0.200. The van der Waals surface area contributed by atoms with Crippen LogP contribution in [0.3, 0.4) is 0 Å². The maximum absolute atomic E-state index is 6.59. The highest BCUT2D eigenvalue weighted by Gasteiger charge is 2.52. The molecule has 0 N–H and O–H groups in total. The van der Waals surface area contributed by atoms with Gasteiger partial charge in [-0.05, 0) is 121 Å². The van der Waals surface area contributed by atoms with Crippen molar-refractivity contribution in [3.63, 3.8) is 0 Å². The first-order valence-electron chi connectivity index (χ1n) is 15.5. The van der Waals surface area contributed by atoms with Crippen molar-refractivity contribution in [3.05, 3.63) is 103 Å². The minimum Gasteiger partial charge on any atom is -0.399 e. The minimum atomic E-state index is -0.416. The summed E-state index contributed by atoms with van der Waals surface area (Å²) in [4.78, 5) is 0. The molecule has 0 atom stereocenters. The molecule has 1 aliphatic heterocycles. The summed E-state index contributed by atoms with van der Waals surface area (Å²) in [6.45, 7) is 10.8. The van der Waals surface area contributed by atoms with E-state index in [0.717, 1.165) is 11.9 Å². The van der Waals surface area contributed by atoms with E-state index in [0.29, 0.717) is 0 Å². The Hall–Kier alpha value is -4.18. The molecule has 0 unspecified atom stereocenters. The molecule has 1 aliphatic rings. The highest BCUT2D eigenvalue weighted by molar-refractivity contribution is 6.66. The predicted molar refractivity (Wildman–Crippen MR) is 184 cm³/mol. The van der Waals surface area contributed by atoms with Crippen LogP contribution >= 0.6 is 0 Å². The second kappa shape index (κ2) is 8.47. The van der Waals surface area contributed by atoms with Crippen molar-refractivity contribution in [1.82, 2.24) is 0 Å². The van der Waals surface area contributed by atoms with Crippen molar-refractivity contribution in [2.24, 2.45) is 0 Å². The highest BCUT2D eigenvalue weighted by atomic mass is 16.7. The Bertz CT molecular complexity index is 2370. The van der Waals surface area contributed by atoms with Gasteiger partial charge in [0.15, 0.2) is 0 Å². The van der Waals surface area contributed by atoms with Crippen LogP contribution in [0, 0.1) is 0 Å². The van der Waals surface area contributed by atoms with E-state index in [-0.39, 0.29) is 0 Å². The second-order valence-corrected chi connectivity index (χ2v) is 13.3. The van der Waals surface area contributed by atoms with Crippen molar-refractivity contribution in [2.75, 3.05) is 0 Å². The first-order valence-corrected chi connectivity index (χ1v) is 15.5. The van der Waals surface area contributed by atoms with Crippen molar-refractivity contribution in [2.45, 2.75) is 52.2 Å². The van der Waals surface area contributed by atoms with Gasteiger partial charge in [-0.15, -0.1) is 0 Å². The van der Waals surface area contributed by atoms with Crippen molar-refractivity contribution >= 4 is 77.2 Å².